The van der Waals surface area contributed by atoms with Gasteiger partial charge in [0, 0.05) is 5.33 Å². The standard InChI is InChI=1S/C10H13Br/c1-7-4-5-10(6-11)9(3)8(7)2/h4-5H,6H2,1-3H3. The van der Waals surface area contributed by atoms with Crippen molar-refractivity contribution in [1.29, 1.82) is 0 Å². The summed E-state index contributed by atoms with van der Waals surface area (Å²) in [6, 6.07) is 4.37. The zero-order valence-corrected chi connectivity index (χ0v) is 8.83. The Hall–Kier alpha value is -0.300. The Morgan fingerprint density at radius 1 is 1.09 bits per heavy atom. The lowest BCUT2D eigenvalue weighted by Gasteiger charge is -2.08. The Bertz CT molecular complexity index is 264. The Labute approximate surface area is 76.8 Å². The molecule has 0 unspecified atom stereocenters. The lowest BCUT2D eigenvalue weighted by molar-refractivity contribution is 1.21. The van der Waals surface area contributed by atoms with E-state index in [-0.39, 0.29) is 0 Å². The van der Waals surface area contributed by atoms with E-state index in [1.54, 1.807) is 0 Å². The van der Waals surface area contributed by atoms with Gasteiger partial charge < -0.3 is 0 Å². The summed E-state index contributed by atoms with van der Waals surface area (Å²) in [6.07, 6.45) is 0. The highest BCUT2D eigenvalue weighted by atomic mass is 79.9. The van der Waals surface area contributed by atoms with Gasteiger partial charge in [-0.25, -0.2) is 0 Å². The van der Waals surface area contributed by atoms with Crippen LogP contribution in [0.15, 0.2) is 12.1 Å². The highest BCUT2D eigenvalue weighted by molar-refractivity contribution is 9.08. The van der Waals surface area contributed by atoms with Gasteiger partial charge in [0.05, 0.1) is 0 Å². The van der Waals surface area contributed by atoms with Gasteiger partial charge in [0.25, 0.3) is 0 Å². The van der Waals surface area contributed by atoms with Crippen LogP contribution in [0, 0.1) is 20.8 Å². The third-order valence-electron chi connectivity index (χ3n) is 2.31. The quantitative estimate of drug-likeness (QED) is 0.626. The molecule has 0 N–H and O–H groups in total. The number of alkyl halides is 1. The molecular formula is C10H13Br. The fourth-order valence-corrected chi connectivity index (χ4v) is 1.76. The summed E-state index contributed by atoms with van der Waals surface area (Å²) < 4.78 is 0. The number of hydrogen-bond donors (Lipinski definition) is 0. The maximum absolute atomic E-state index is 3.47. The zero-order chi connectivity index (χ0) is 8.43. The summed E-state index contributed by atoms with van der Waals surface area (Å²) in [6.45, 7) is 6.51. The van der Waals surface area contributed by atoms with Gasteiger partial charge in [-0.05, 0) is 43.0 Å². The van der Waals surface area contributed by atoms with Crippen LogP contribution < -0.4 is 0 Å². The molecule has 0 aliphatic heterocycles. The van der Waals surface area contributed by atoms with Gasteiger partial charge >= 0.3 is 0 Å². The lowest BCUT2D eigenvalue weighted by atomic mass is 10.0. The summed E-state index contributed by atoms with van der Waals surface area (Å²) in [7, 11) is 0. The molecule has 0 radical (unpaired) electrons. The van der Waals surface area contributed by atoms with Gasteiger partial charge in [-0.2, -0.15) is 0 Å². The fourth-order valence-electron chi connectivity index (χ4n) is 1.16. The SMILES string of the molecule is Cc1ccc(CBr)c(C)c1C. The van der Waals surface area contributed by atoms with Crippen molar-refractivity contribution in [1.82, 2.24) is 0 Å². The zero-order valence-electron chi connectivity index (χ0n) is 7.24. The van der Waals surface area contributed by atoms with Crippen molar-refractivity contribution in [2.75, 3.05) is 0 Å². The molecule has 0 heterocycles. The minimum atomic E-state index is 0.958. The van der Waals surface area contributed by atoms with Crippen molar-refractivity contribution < 1.29 is 0 Å². The van der Waals surface area contributed by atoms with Crippen LogP contribution in [0.2, 0.25) is 0 Å². The molecule has 0 bridgehead atoms. The van der Waals surface area contributed by atoms with Crippen molar-refractivity contribution in [3.63, 3.8) is 0 Å². The van der Waals surface area contributed by atoms with Gasteiger partial charge in [-0.3, -0.25) is 0 Å². The topological polar surface area (TPSA) is 0 Å². The number of benzene rings is 1. The lowest BCUT2D eigenvalue weighted by Crippen LogP contribution is -1.91. The smallest absolute Gasteiger partial charge is 0.0285 e. The molecule has 0 atom stereocenters. The fraction of sp³-hybridized carbons (Fsp3) is 0.400. The van der Waals surface area contributed by atoms with Crippen molar-refractivity contribution in [3.8, 4) is 0 Å². The molecule has 0 amide bonds. The minimum Gasteiger partial charge on any atom is -0.0876 e. The molecule has 0 saturated carbocycles. The Balaban J connectivity index is 3.25. The molecule has 0 nitrogen and oxygen atoms in total. The second kappa shape index (κ2) is 3.40. The molecular weight excluding hydrogens is 200 g/mol. The number of hydrogen-bond acceptors (Lipinski definition) is 0. The predicted octanol–water partition coefficient (Wildman–Crippen LogP) is 3.51. The first kappa shape index (κ1) is 8.79. The molecule has 1 rings (SSSR count). The van der Waals surface area contributed by atoms with Crippen LogP contribution >= 0.6 is 15.9 Å². The number of aryl methyl sites for hydroxylation is 1. The second-order valence-corrected chi connectivity index (χ2v) is 3.49. The first-order chi connectivity index (χ1) is 5.16. The van der Waals surface area contributed by atoms with Crippen LogP contribution in [-0.2, 0) is 5.33 Å². The average Bonchev–Trinajstić information content (AvgIpc) is 2.01. The molecule has 0 aliphatic carbocycles. The van der Waals surface area contributed by atoms with E-state index in [0.717, 1.165) is 5.33 Å². The Morgan fingerprint density at radius 3 is 2.27 bits per heavy atom. The van der Waals surface area contributed by atoms with Gasteiger partial charge in [0.15, 0.2) is 0 Å². The highest BCUT2D eigenvalue weighted by Gasteiger charge is 2.00. The summed E-state index contributed by atoms with van der Waals surface area (Å²) in [4.78, 5) is 0. The third-order valence-corrected chi connectivity index (χ3v) is 2.92. The third kappa shape index (κ3) is 1.64. The van der Waals surface area contributed by atoms with E-state index in [4.69, 9.17) is 0 Å². The van der Waals surface area contributed by atoms with Gasteiger partial charge in [0.2, 0.25) is 0 Å². The van der Waals surface area contributed by atoms with Gasteiger partial charge in [0.1, 0.15) is 0 Å². The van der Waals surface area contributed by atoms with Crippen LogP contribution in [0.1, 0.15) is 22.3 Å². The van der Waals surface area contributed by atoms with Gasteiger partial charge in [-0.15, -0.1) is 0 Å². The van der Waals surface area contributed by atoms with Crippen LogP contribution in [0.4, 0.5) is 0 Å². The first-order valence-corrected chi connectivity index (χ1v) is 4.90. The molecule has 11 heavy (non-hydrogen) atoms. The van der Waals surface area contributed by atoms with Crippen molar-refractivity contribution in [3.05, 3.63) is 34.4 Å². The summed E-state index contributed by atoms with van der Waals surface area (Å²) in [5.41, 5.74) is 5.61. The predicted molar refractivity (Wildman–Crippen MR) is 53.3 cm³/mol. The molecule has 0 aliphatic rings. The van der Waals surface area contributed by atoms with Crippen molar-refractivity contribution in [2.24, 2.45) is 0 Å². The van der Waals surface area contributed by atoms with Crippen LogP contribution in [0.5, 0.6) is 0 Å². The van der Waals surface area contributed by atoms with E-state index in [0.29, 0.717) is 0 Å². The normalized spacial score (nSPS) is 10.2. The Kier molecular flexibility index (Phi) is 2.72. The molecule has 0 saturated heterocycles. The number of rotatable bonds is 1. The van der Waals surface area contributed by atoms with E-state index in [9.17, 15) is 0 Å². The maximum atomic E-state index is 3.47. The number of halogens is 1. The molecule has 1 aromatic carbocycles. The first-order valence-electron chi connectivity index (χ1n) is 3.78. The van der Waals surface area contributed by atoms with Crippen LogP contribution in [-0.4, -0.2) is 0 Å². The maximum Gasteiger partial charge on any atom is 0.0285 e. The Morgan fingerprint density at radius 2 is 1.73 bits per heavy atom. The second-order valence-electron chi connectivity index (χ2n) is 2.93. The van der Waals surface area contributed by atoms with E-state index in [2.05, 4.69) is 48.8 Å². The van der Waals surface area contributed by atoms with Crippen molar-refractivity contribution >= 4 is 15.9 Å². The highest BCUT2D eigenvalue weighted by Crippen LogP contribution is 2.18. The molecule has 60 valence electrons. The monoisotopic (exact) mass is 212 g/mol. The largest absolute Gasteiger partial charge is 0.0876 e. The molecule has 0 aromatic heterocycles. The summed E-state index contributed by atoms with van der Waals surface area (Å²) >= 11 is 3.47. The van der Waals surface area contributed by atoms with E-state index < -0.39 is 0 Å². The van der Waals surface area contributed by atoms with Crippen LogP contribution in [0.3, 0.4) is 0 Å². The average molecular weight is 213 g/mol. The van der Waals surface area contributed by atoms with Crippen molar-refractivity contribution in [2.45, 2.75) is 26.1 Å². The van der Waals surface area contributed by atoms with E-state index in [1.165, 1.54) is 22.3 Å². The van der Waals surface area contributed by atoms with E-state index >= 15 is 0 Å². The summed E-state index contributed by atoms with van der Waals surface area (Å²) in [5, 5.41) is 0.958. The molecule has 1 aromatic rings. The van der Waals surface area contributed by atoms with Gasteiger partial charge in [-0.1, -0.05) is 28.1 Å². The minimum absolute atomic E-state index is 0.958. The van der Waals surface area contributed by atoms with E-state index in [1.807, 2.05) is 0 Å². The molecule has 0 fully saturated rings. The summed E-state index contributed by atoms with van der Waals surface area (Å²) in [5.74, 6) is 0. The molecule has 1 heteroatoms. The molecule has 0 spiro atoms. The van der Waals surface area contributed by atoms with Crippen LogP contribution in [0.25, 0.3) is 0 Å².